The molecule has 2 rings (SSSR count). The highest BCUT2D eigenvalue weighted by atomic mass is 15.4. The molecule has 1 aromatic heterocycles. The molecule has 1 atom stereocenters. The second kappa shape index (κ2) is 6.79. The highest BCUT2D eigenvalue weighted by Crippen LogP contribution is 2.11. The van der Waals surface area contributed by atoms with Gasteiger partial charge in [0.25, 0.3) is 11.9 Å². The Labute approximate surface area is 119 Å². The van der Waals surface area contributed by atoms with E-state index >= 15 is 0 Å². The van der Waals surface area contributed by atoms with E-state index in [0.29, 0.717) is 23.9 Å². The molecular weight excluding hydrogens is 252 g/mol. The van der Waals surface area contributed by atoms with E-state index in [9.17, 15) is 0 Å². The second-order valence-corrected chi connectivity index (χ2v) is 5.21. The molecule has 0 aliphatic carbocycles. The minimum atomic E-state index is 0.298. The molecule has 6 heteroatoms. The molecule has 0 bridgehead atoms. The highest BCUT2D eigenvalue weighted by Gasteiger charge is 2.07. The van der Waals surface area contributed by atoms with Crippen LogP contribution in [0.1, 0.15) is 27.2 Å². The standard InChI is InChI=1S/C14H20N6/c1-10(2)9-11(3)15-13-17-19-14(20-18-13)16-12-7-5-4-6-8-12/h4-8,10-11H,9H2,1-3H3,(H,15,17,18)(H,16,19,20). The van der Waals surface area contributed by atoms with Crippen LogP contribution in [0.25, 0.3) is 0 Å². The van der Waals surface area contributed by atoms with Gasteiger partial charge in [0, 0.05) is 11.7 Å². The highest BCUT2D eigenvalue weighted by molar-refractivity contribution is 5.51. The first-order valence-electron chi connectivity index (χ1n) is 6.79. The molecule has 2 N–H and O–H groups in total. The van der Waals surface area contributed by atoms with E-state index in [1.54, 1.807) is 0 Å². The van der Waals surface area contributed by atoms with E-state index < -0.39 is 0 Å². The van der Waals surface area contributed by atoms with Crippen molar-refractivity contribution in [3.8, 4) is 0 Å². The fourth-order valence-corrected chi connectivity index (χ4v) is 1.97. The van der Waals surface area contributed by atoms with Crippen molar-refractivity contribution in [2.24, 2.45) is 5.92 Å². The van der Waals surface area contributed by atoms with Gasteiger partial charge in [-0.05, 0) is 31.4 Å². The molecule has 0 radical (unpaired) electrons. The van der Waals surface area contributed by atoms with Gasteiger partial charge < -0.3 is 10.6 Å². The summed E-state index contributed by atoms with van der Waals surface area (Å²) in [6.07, 6.45) is 1.05. The Morgan fingerprint density at radius 2 is 1.50 bits per heavy atom. The molecule has 1 aromatic carbocycles. The predicted molar refractivity (Wildman–Crippen MR) is 79.9 cm³/mol. The summed E-state index contributed by atoms with van der Waals surface area (Å²) < 4.78 is 0. The van der Waals surface area contributed by atoms with Crippen molar-refractivity contribution < 1.29 is 0 Å². The minimum Gasteiger partial charge on any atom is -0.349 e. The lowest BCUT2D eigenvalue weighted by molar-refractivity contribution is 0.536. The third kappa shape index (κ3) is 4.46. The first-order valence-corrected chi connectivity index (χ1v) is 6.79. The van der Waals surface area contributed by atoms with Crippen molar-refractivity contribution in [3.63, 3.8) is 0 Å². The molecule has 0 saturated carbocycles. The van der Waals surface area contributed by atoms with Crippen molar-refractivity contribution in [3.05, 3.63) is 30.3 Å². The summed E-state index contributed by atoms with van der Waals surface area (Å²) in [7, 11) is 0. The van der Waals surface area contributed by atoms with Crippen molar-refractivity contribution >= 4 is 17.6 Å². The Morgan fingerprint density at radius 3 is 2.10 bits per heavy atom. The van der Waals surface area contributed by atoms with Crippen molar-refractivity contribution in [2.75, 3.05) is 10.6 Å². The number of anilines is 3. The van der Waals surface area contributed by atoms with Gasteiger partial charge >= 0.3 is 0 Å². The Balaban J connectivity index is 1.93. The van der Waals surface area contributed by atoms with Crippen LogP contribution in [0.3, 0.4) is 0 Å². The zero-order valence-electron chi connectivity index (χ0n) is 12.0. The molecular formula is C14H20N6. The van der Waals surface area contributed by atoms with Crippen LogP contribution in [-0.4, -0.2) is 26.4 Å². The van der Waals surface area contributed by atoms with E-state index in [2.05, 4.69) is 51.8 Å². The summed E-state index contributed by atoms with van der Waals surface area (Å²) >= 11 is 0. The average Bonchev–Trinajstić information content (AvgIpc) is 2.41. The summed E-state index contributed by atoms with van der Waals surface area (Å²) in [5.41, 5.74) is 0.907. The normalized spacial score (nSPS) is 12.2. The Kier molecular flexibility index (Phi) is 4.81. The fourth-order valence-electron chi connectivity index (χ4n) is 1.97. The van der Waals surface area contributed by atoms with Gasteiger partial charge in [-0.2, -0.15) is 0 Å². The molecule has 2 aromatic rings. The van der Waals surface area contributed by atoms with E-state index in [1.165, 1.54) is 0 Å². The summed E-state index contributed by atoms with van der Waals surface area (Å²) in [6, 6.07) is 9.98. The molecule has 20 heavy (non-hydrogen) atoms. The van der Waals surface area contributed by atoms with Crippen LogP contribution in [0.15, 0.2) is 30.3 Å². The smallest absolute Gasteiger partial charge is 0.266 e. The molecule has 0 fully saturated rings. The first kappa shape index (κ1) is 14.2. The topological polar surface area (TPSA) is 75.6 Å². The largest absolute Gasteiger partial charge is 0.349 e. The van der Waals surface area contributed by atoms with Gasteiger partial charge in [-0.15, -0.1) is 20.4 Å². The van der Waals surface area contributed by atoms with Crippen LogP contribution in [0.4, 0.5) is 17.6 Å². The van der Waals surface area contributed by atoms with Crippen LogP contribution >= 0.6 is 0 Å². The number of aromatic nitrogens is 4. The molecule has 1 heterocycles. The lowest BCUT2D eigenvalue weighted by Gasteiger charge is -2.14. The Hall–Kier alpha value is -2.24. The van der Waals surface area contributed by atoms with Crippen LogP contribution < -0.4 is 10.6 Å². The van der Waals surface area contributed by atoms with E-state index in [-0.39, 0.29) is 0 Å². The third-order valence-electron chi connectivity index (χ3n) is 2.71. The second-order valence-electron chi connectivity index (χ2n) is 5.21. The van der Waals surface area contributed by atoms with Gasteiger partial charge in [0.15, 0.2) is 0 Å². The molecule has 106 valence electrons. The molecule has 0 amide bonds. The maximum absolute atomic E-state index is 4.02. The maximum Gasteiger partial charge on any atom is 0.266 e. The monoisotopic (exact) mass is 272 g/mol. The lowest BCUT2D eigenvalue weighted by atomic mass is 10.1. The van der Waals surface area contributed by atoms with Gasteiger partial charge in [0.2, 0.25) is 0 Å². The summed E-state index contributed by atoms with van der Waals surface area (Å²) in [4.78, 5) is 0. The summed E-state index contributed by atoms with van der Waals surface area (Å²) in [5.74, 6) is 1.47. The average molecular weight is 272 g/mol. The zero-order valence-corrected chi connectivity index (χ0v) is 12.0. The van der Waals surface area contributed by atoms with Gasteiger partial charge in [-0.1, -0.05) is 32.0 Å². The SMILES string of the molecule is CC(C)CC(C)Nc1nnc(Nc2ccccc2)nn1. The Bertz CT molecular complexity index is 511. The van der Waals surface area contributed by atoms with Crippen LogP contribution in [-0.2, 0) is 0 Å². The van der Waals surface area contributed by atoms with E-state index in [0.717, 1.165) is 12.1 Å². The van der Waals surface area contributed by atoms with E-state index in [4.69, 9.17) is 0 Å². The molecule has 6 nitrogen and oxygen atoms in total. The number of para-hydroxylation sites is 1. The number of rotatable bonds is 6. The summed E-state index contributed by atoms with van der Waals surface area (Å²) in [6.45, 7) is 6.46. The van der Waals surface area contributed by atoms with Crippen molar-refractivity contribution in [2.45, 2.75) is 33.2 Å². The fraction of sp³-hybridized carbons (Fsp3) is 0.429. The minimum absolute atomic E-state index is 0.298. The first-order chi connectivity index (χ1) is 9.63. The van der Waals surface area contributed by atoms with Crippen molar-refractivity contribution in [1.82, 2.24) is 20.4 Å². The van der Waals surface area contributed by atoms with Crippen LogP contribution in [0.2, 0.25) is 0 Å². The van der Waals surface area contributed by atoms with Gasteiger partial charge in [0.1, 0.15) is 0 Å². The molecule has 1 unspecified atom stereocenters. The van der Waals surface area contributed by atoms with Crippen LogP contribution in [0.5, 0.6) is 0 Å². The molecule has 0 spiro atoms. The maximum atomic E-state index is 4.02. The number of hydrogen-bond acceptors (Lipinski definition) is 6. The zero-order chi connectivity index (χ0) is 14.4. The van der Waals surface area contributed by atoms with Crippen molar-refractivity contribution in [1.29, 1.82) is 0 Å². The lowest BCUT2D eigenvalue weighted by Crippen LogP contribution is -2.20. The molecule has 0 saturated heterocycles. The number of hydrogen-bond donors (Lipinski definition) is 2. The number of nitrogens with one attached hydrogen (secondary N) is 2. The quantitative estimate of drug-likeness (QED) is 0.842. The number of nitrogens with zero attached hydrogens (tertiary/aromatic N) is 4. The van der Waals surface area contributed by atoms with Gasteiger partial charge in [0.05, 0.1) is 0 Å². The summed E-state index contributed by atoms with van der Waals surface area (Å²) in [5, 5.41) is 22.3. The van der Waals surface area contributed by atoms with Gasteiger partial charge in [-0.25, -0.2) is 0 Å². The third-order valence-corrected chi connectivity index (χ3v) is 2.71. The van der Waals surface area contributed by atoms with E-state index in [1.807, 2.05) is 30.3 Å². The molecule has 0 aliphatic rings. The predicted octanol–water partition coefficient (Wildman–Crippen LogP) is 2.86. The number of benzene rings is 1. The Morgan fingerprint density at radius 1 is 0.900 bits per heavy atom. The van der Waals surface area contributed by atoms with Crippen LogP contribution in [0, 0.1) is 5.92 Å². The molecule has 0 aliphatic heterocycles. The van der Waals surface area contributed by atoms with Gasteiger partial charge in [-0.3, -0.25) is 0 Å².